The second-order valence-electron chi connectivity index (χ2n) is 2.47. The highest BCUT2D eigenvalue weighted by molar-refractivity contribution is 6.17. The van der Waals surface area contributed by atoms with Crippen molar-refractivity contribution in [3.8, 4) is 5.88 Å². The number of alkyl halides is 1. The van der Waals surface area contributed by atoms with Crippen LogP contribution in [0, 0.1) is 0 Å². The number of H-pyrrole nitrogens is 1. The first-order valence-corrected chi connectivity index (χ1v) is 4.20. The molecule has 1 aromatic carbocycles. The summed E-state index contributed by atoms with van der Waals surface area (Å²) in [5.74, 6) is 0.714. The summed E-state index contributed by atoms with van der Waals surface area (Å²) in [5, 5.41) is 1.14. The molecule has 0 atom stereocenters. The third-order valence-corrected chi connectivity index (χ3v) is 1.82. The minimum absolute atomic E-state index is 0.173. The number of fused-ring (bicyclic) bond motifs is 1. The predicted molar refractivity (Wildman–Crippen MR) is 49.6 cm³/mol. The highest BCUT2D eigenvalue weighted by Crippen LogP contribution is 2.19. The molecular formula is C9H8ClNO. The number of aromatic amines is 1. The first kappa shape index (κ1) is 7.50. The molecule has 0 amide bonds. The van der Waals surface area contributed by atoms with Crippen LogP contribution in [0.25, 0.3) is 10.9 Å². The van der Waals surface area contributed by atoms with Crippen LogP contribution in [-0.4, -0.2) is 11.1 Å². The Balaban J connectivity index is 2.47. The fourth-order valence-corrected chi connectivity index (χ4v) is 1.30. The van der Waals surface area contributed by atoms with Crippen LogP contribution in [0.1, 0.15) is 0 Å². The second-order valence-corrected chi connectivity index (χ2v) is 2.69. The number of aromatic nitrogens is 1. The lowest BCUT2D eigenvalue weighted by molar-refractivity contribution is 0.375. The first-order chi connectivity index (χ1) is 5.90. The number of hydrogen-bond donors (Lipinski definition) is 1. The maximum Gasteiger partial charge on any atom is 0.193 e. The molecule has 0 radical (unpaired) electrons. The van der Waals surface area contributed by atoms with Gasteiger partial charge < -0.3 is 9.72 Å². The summed E-state index contributed by atoms with van der Waals surface area (Å²) >= 11 is 5.42. The summed E-state index contributed by atoms with van der Waals surface area (Å²) < 4.78 is 5.10. The number of nitrogens with one attached hydrogen (secondary N) is 1. The van der Waals surface area contributed by atoms with Crippen LogP contribution >= 0.6 is 11.6 Å². The minimum atomic E-state index is 0.173. The van der Waals surface area contributed by atoms with Gasteiger partial charge in [0.05, 0.1) is 0 Å². The van der Waals surface area contributed by atoms with Crippen LogP contribution in [0.2, 0.25) is 0 Å². The van der Waals surface area contributed by atoms with Crippen molar-refractivity contribution >= 4 is 22.5 Å². The quantitative estimate of drug-likeness (QED) is 0.709. The number of benzene rings is 1. The van der Waals surface area contributed by atoms with Gasteiger partial charge in [-0.3, -0.25) is 0 Å². The molecular weight excluding hydrogens is 174 g/mol. The van der Waals surface area contributed by atoms with E-state index in [2.05, 4.69) is 4.98 Å². The van der Waals surface area contributed by atoms with E-state index >= 15 is 0 Å². The Morgan fingerprint density at radius 2 is 2.17 bits per heavy atom. The average molecular weight is 182 g/mol. The van der Waals surface area contributed by atoms with Crippen molar-refractivity contribution in [3.05, 3.63) is 30.3 Å². The van der Waals surface area contributed by atoms with Crippen LogP contribution < -0.4 is 4.74 Å². The summed E-state index contributed by atoms with van der Waals surface area (Å²) in [6.45, 7) is 0. The molecule has 0 saturated carbocycles. The highest BCUT2D eigenvalue weighted by Gasteiger charge is 1.98. The van der Waals surface area contributed by atoms with Crippen molar-refractivity contribution in [3.63, 3.8) is 0 Å². The molecule has 0 spiro atoms. The smallest absolute Gasteiger partial charge is 0.193 e. The Morgan fingerprint density at radius 3 is 2.92 bits per heavy atom. The van der Waals surface area contributed by atoms with Gasteiger partial charge in [-0.2, -0.15) is 0 Å². The molecule has 0 aliphatic rings. The molecule has 0 fully saturated rings. The van der Waals surface area contributed by atoms with Gasteiger partial charge in [-0.25, -0.2) is 0 Å². The van der Waals surface area contributed by atoms with E-state index in [1.807, 2.05) is 30.3 Å². The monoisotopic (exact) mass is 181 g/mol. The Hall–Kier alpha value is -1.15. The molecule has 12 heavy (non-hydrogen) atoms. The fourth-order valence-electron chi connectivity index (χ4n) is 1.18. The number of rotatable bonds is 2. The zero-order chi connectivity index (χ0) is 8.39. The molecule has 1 N–H and O–H groups in total. The SMILES string of the molecule is ClCOc1cc2ccccc2[nH]1. The van der Waals surface area contributed by atoms with Crippen LogP contribution in [0.15, 0.2) is 30.3 Å². The van der Waals surface area contributed by atoms with E-state index in [4.69, 9.17) is 16.3 Å². The van der Waals surface area contributed by atoms with E-state index in [1.54, 1.807) is 0 Å². The van der Waals surface area contributed by atoms with Crippen molar-refractivity contribution in [2.75, 3.05) is 6.07 Å². The van der Waals surface area contributed by atoms with E-state index in [9.17, 15) is 0 Å². The molecule has 0 aliphatic heterocycles. The van der Waals surface area contributed by atoms with Crippen molar-refractivity contribution in [2.45, 2.75) is 0 Å². The second kappa shape index (κ2) is 3.07. The standard InChI is InChI=1S/C9H8ClNO/c10-6-12-9-5-7-3-1-2-4-8(7)11-9/h1-5,11H,6H2. The average Bonchev–Trinajstić information content (AvgIpc) is 2.47. The number of halogens is 1. The van der Waals surface area contributed by atoms with Gasteiger partial charge in [0.15, 0.2) is 11.9 Å². The summed E-state index contributed by atoms with van der Waals surface area (Å²) in [4.78, 5) is 3.09. The molecule has 0 bridgehead atoms. The summed E-state index contributed by atoms with van der Waals surface area (Å²) in [7, 11) is 0. The third-order valence-electron chi connectivity index (χ3n) is 1.72. The van der Waals surface area contributed by atoms with Gasteiger partial charge in [0.25, 0.3) is 0 Å². The molecule has 0 saturated heterocycles. The molecule has 0 unspecified atom stereocenters. The Kier molecular flexibility index (Phi) is 1.92. The number of hydrogen-bond acceptors (Lipinski definition) is 1. The molecule has 0 aliphatic carbocycles. The summed E-state index contributed by atoms with van der Waals surface area (Å²) in [5.41, 5.74) is 1.07. The van der Waals surface area contributed by atoms with Crippen LogP contribution in [0.5, 0.6) is 5.88 Å². The van der Waals surface area contributed by atoms with E-state index in [0.717, 1.165) is 10.9 Å². The van der Waals surface area contributed by atoms with Gasteiger partial charge in [0.1, 0.15) is 0 Å². The first-order valence-electron chi connectivity index (χ1n) is 3.66. The van der Waals surface area contributed by atoms with Crippen molar-refractivity contribution < 1.29 is 4.74 Å². The lowest BCUT2D eigenvalue weighted by Crippen LogP contribution is -1.87. The van der Waals surface area contributed by atoms with Crippen LogP contribution in [0.4, 0.5) is 0 Å². The third kappa shape index (κ3) is 1.25. The number of ether oxygens (including phenoxy) is 1. The topological polar surface area (TPSA) is 25.0 Å². The fraction of sp³-hybridized carbons (Fsp3) is 0.111. The van der Waals surface area contributed by atoms with Crippen molar-refractivity contribution in [1.82, 2.24) is 4.98 Å². The molecule has 3 heteroatoms. The van der Waals surface area contributed by atoms with Crippen LogP contribution in [0.3, 0.4) is 0 Å². The molecule has 2 nitrogen and oxygen atoms in total. The Labute approximate surface area is 75.1 Å². The summed E-state index contributed by atoms with van der Waals surface area (Å²) in [6.07, 6.45) is 0. The number of para-hydroxylation sites is 1. The maximum absolute atomic E-state index is 5.42. The Bertz CT molecular complexity index is 350. The zero-order valence-corrected chi connectivity index (χ0v) is 7.14. The van der Waals surface area contributed by atoms with Gasteiger partial charge in [-0.1, -0.05) is 29.8 Å². The van der Waals surface area contributed by atoms with Crippen molar-refractivity contribution in [2.24, 2.45) is 0 Å². The van der Waals surface area contributed by atoms with Gasteiger partial charge >= 0.3 is 0 Å². The van der Waals surface area contributed by atoms with Gasteiger partial charge in [-0.15, -0.1) is 0 Å². The Morgan fingerprint density at radius 1 is 1.33 bits per heavy atom. The van der Waals surface area contributed by atoms with Gasteiger partial charge in [-0.05, 0) is 6.07 Å². The van der Waals surface area contributed by atoms with Crippen LogP contribution in [-0.2, 0) is 0 Å². The van der Waals surface area contributed by atoms with E-state index < -0.39 is 0 Å². The van der Waals surface area contributed by atoms with Gasteiger partial charge in [0.2, 0.25) is 0 Å². The zero-order valence-electron chi connectivity index (χ0n) is 6.38. The maximum atomic E-state index is 5.42. The lowest BCUT2D eigenvalue weighted by Gasteiger charge is -1.93. The largest absolute Gasteiger partial charge is 0.463 e. The van der Waals surface area contributed by atoms with E-state index in [-0.39, 0.29) is 6.07 Å². The highest BCUT2D eigenvalue weighted by atomic mass is 35.5. The lowest BCUT2D eigenvalue weighted by atomic mass is 10.3. The summed E-state index contributed by atoms with van der Waals surface area (Å²) in [6, 6.07) is 10.1. The normalized spacial score (nSPS) is 10.4. The van der Waals surface area contributed by atoms with Crippen molar-refractivity contribution in [1.29, 1.82) is 0 Å². The molecule has 2 aromatic rings. The predicted octanol–water partition coefficient (Wildman–Crippen LogP) is 2.74. The molecule has 1 heterocycles. The molecule has 1 aromatic heterocycles. The molecule has 62 valence electrons. The minimum Gasteiger partial charge on any atom is -0.463 e. The van der Waals surface area contributed by atoms with E-state index in [0.29, 0.717) is 5.88 Å². The molecule has 2 rings (SSSR count). The van der Waals surface area contributed by atoms with Gasteiger partial charge in [0, 0.05) is 17.0 Å². The van der Waals surface area contributed by atoms with E-state index in [1.165, 1.54) is 0 Å².